The molecule has 0 aromatic heterocycles. The first-order valence-electron chi connectivity index (χ1n) is 18.8. The summed E-state index contributed by atoms with van der Waals surface area (Å²) < 4.78 is 11.0. The van der Waals surface area contributed by atoms with Gasteiger partial charge in [0.1, 0.15) is 0 Å². The summed E-state index contributed by atoms with van der Waals surface area (Å²) in [7, 11) is 3.61. The van der Waals surface area contributed by atoms with Gasteiger partial charge in [0.25, 0.3) is 0 Å². The van der Waals surface area contributed by atoms with Gasteiger partial charge in [0.15, 0.2) is 0 Å². The standard InChI is InChI=1S/C42H80O2/c1-35(23-15-25-37(3)27-17-29-39(5)31-19-33-41(7,8)43-11)21-13-14-22-36(2)24-16-26-38(4)28-18-30-40(6)32-20-34-42(9,10)44-12/h19,29-31,35-38H,13-18,20-28,32-34H2,1-12H3/b31-19+,39-29+,40-30+. The summed E-state index contributed by atoms with van der Waals surface area (Å²) in [5.41, 5.74) is 2.88. The molecule has 0 aliphatic heterocycles. The van der Waals surface area contributed by atoms with Gasteiger partial charge in [-0.25, -0.2) is 0 Å². The summed E-state index contributed by atoms with van der Waals surface area (Å²) in [6, 6.07) is 0. The Morgan fingerprint density at radius 2 is 1.00 bits per heavy atom. The first kappa shape index (κ1) is 43.1. The van der Waals surface area contributed by atoms with Crippen molar-refractivity contribution in [1.82, 2.24) is 0 Å². The van der Waals surface area contributed by atoms with Crippen LogP contribution in [-0.2, 0) is 9.47 Å². The average molecular weight is 617 g/mol. The second-order valence-corrected chi connectivity index (χ2v) is 16.1. The highest BCUT2D eigenvalue weighted by molar-refractivity contribution is 5.16. The quantitative estimate of drug-likeness (QED) is 0.0494. The summed E-state index contributed by atoms with van der Waals surface area (Å²) in [6.45, 7) is 23.1. The van der Waals surface area contributed by atoms with E-state index in [2.05, 4.69) is 93.5 Å². The second-order valence-electron chi connectivity index (χ2n) is 16.1. The summed E-state index contributed by atoms with van der Waals surface area (Å²) >= 11 is 0. The van der Waals surface area contributed by atoms with Crippen LogP contribution in [0, 0.1) is 23.7 Å². The Morgan fingerprint density at radius 1 is 0.568 bits per heavy atom. The van der Waals surface area contributed by atoms with Crippen LogP contribution in [0.1, 0.15) is 185 Å². The molecule has 0 aromatic rings. The van der Waals surface area contributed by atoms with E-state index >= 15 is 0 Å². The van der Waals surface area contributed by atoms with Gasteiger partial charge in [0, 0.05) is 14.2 Å². The Morgan fingerprint density at radius 3 is 1.48 bits per heavy atom. The SMILES string of the molecule is COC(C)(C)C/C=C/C(C)=C/CCC(C)CCCC(C)CCCCC(C)CCCC(C)CC/C=C(\C)CCCC(C)(C)OC. The number of allylic oxidation sites excluding steroid dienone is 5. The number of hydrogen-bond acceptors (Lipinski definition) is 2. The summed E-state index contributed by atoms with van der Waals surface area (Å²) in [5, 5.41) is 0. The molecule has 0 heterocycles. The molecule has 44 heavy (non-hydrogen) atoms. The van der Waals surface area contributed by atoms with Crippen LogP contribution in [0.25, 0.3) is 0 Å². The van der Waals surface area contributed by atoms with Crippen LogP contribution in [0.4, 0.5) is 0 Å². The Kier molecular flexibility index (Phi) is 24.8. The zero-order valence-corrected chi connectivity index (χ0v) is 32.2. The second kappa shape index (κ2) is 25.3. The third-order valence-corrected chi connectivity index (χ3v) is 10.2. The molecule has 0 saturated heterocycles. The van der Waals surface area contributed by atoms with E-state index in [4.69, 9.17) is 9.47 Å². The van der Waals surface area contributed by atoms with Gasteiger partial charge < -0.3 is 9.47 Å². The predicted molar refractivity (Wildman–Crippen MR) is 199 cm³/mol. The minimum atomic E-state index is -0.0694. The smallest absolute Gasteiger partial charge is 0.0657 e. The molecule has 4 unspecified atom stereocenters. The maximum Gasteiger partial charge on any atom is 0.0657 e. The molecule has 0 aliphatic carbocycles. The van der Waals surface area contributed by atoms with Crippen LogP contribution in [0.3, 0.4) is 0 Å². The Labute approximate surface area is 278 Å². The van der Waals surface area contributed by atoms with E-state index in [0.717, 1.165) is 36.5 Å². The first-order valence-corrected chi connectivity index (χ1v) is 18.8. The fourth-order valence-corrected chi connectivity index (χ4v) is 6.08. The molecular formula is C42H80O2. The topological polar surface area (TPSA) is 18.5 Å². The minimum absolute atomic E-state index is 0.0161. The Hall–Kier alpha value is -0.860. The van der Waals surface area contributed by atoms with Crippen LogP contribution in [0.2, 0.25) is 0 Å². The van der Waals surface area contributed by atoms with Crippen molar-refractivity contribution < 1.29 is 9.47 Å². The molecule has 0 spiro atoms. The lowest BCUT2D eigenvalue weighted by Crippen LogP contribution is -2.21. The van der Waals surface area contributed by atoms with Crippen LogP contribution >= 0.6 is 0 Å². The van der Waals surface area contributed by atoms with E-state index in [-0.39, 0.29) is 11.2 Å². The van der Waals surface area contributed by atoms with Crippen LogP contribution < -0.4 is 0 Å². The fraction of sp³-hybridized carbons (Fsp3) is 0.857. The molecule has 0 amide bonds. The van der Waals surface area contributed by atoms with Gasteiger partial charge in [-0.3, -0.25) is 0 Å². The Balaban J connectivity index is 3.85. The highest BCUT2D eigenvalue weighted by Crippen LogP contribution is 2.24. The van der Waals surface area contributed by atoms with Crippen molar-refractivity contribution in [3.05, 3.63) is 35.5 Å². The zero-order valence-electron chi connectivity index (χ0n) is 32.2. The molecule has 2 nitrogen and oxygen atoms in total. The van der Waals surface area contributed by atoms with E-state index in [1.807, 2.05) is 7.11 Å². The van der Waals surface area contributed by atoms with Crippen molar-refractivity contribution in [2.24, 2.45) is 23.7 Å². The molecule has 0 aromatic carbocycles. The molecular weight excluding hydrogens is 536 g/mol. The van der Waals surface area contributed by atoms with E-state index in [0.29, 0.717) is 0 Å². The summed E-state index contributed by atoms with van der Waals surface area (Å²) in [6.07, 6.45) is 33.1. The molecule has 0 saturated carbocycles. The maximum absolute atomic E-state index is 5.55. The third-order valence-electron chi connectivity index (χ3n) is 10.2. The summed E-state index contributed by atoms with van der Waals surface area (Å²) in [4.78, 5) is 0. The Bertz CT molecular complexity index is 771. The van der Waals surface area contributed by atoms with Gasteiger partial charge >= 0.3 is 0 Å². The molecule has 2 heteroatoms. The molecule has 0 fully saturated rings. The molecule has 0 rings (SSSR count). The average Bonchev–Trinajstić information content (AvgIpc) is 2.95. The van der Waals surface area contributed by atoms with Gasteiger partial charge in [-0.15, -0.1) is 0 Å². The monoisotopic (exact) mass is 617 g/mol. The number of ether oxygens (including phenoxy) is 2. The van der Waals surface area contributed by atoms with E-state index in [9.17, 15) is 0 Å². The van der Waals surface area contributed by atoms with Crippen molar-refractivity contribution in [1.29, 1.82) is 0 Å². The van der Waals surface area contributed by atoms with E-state index in [1.54, 1.807) is 12.7 Å². The number of methoxy groups -OCH3 is 2. The highest BCUT2D eigenvalue weighted by Gasteiger charge is 2.15. The summed E-state index contributed by atoms with van der Waals surface area (Å²) in [5.74, 6) is 3.46. The van der Waals surface area contributed by atoms with Crippen molar-refractivity contribution in [2.45, 2.75) is 196 Å². The van der Waals surface area contributed by atoms with Crippen molar-refractivity contribution in [2.75, 3.05) is 14.2 Å². The zero-order chi connectivity index (χ0) is 33.4. The lowest BCUT2D eigenvalue weighted by Gasteiger charge is -2.22. The predicted octanol–water partition coefficient (Wildman–Crippen LogP) is 13.9. The molecule has 0 radical (unpaired) electrons. The lowest BCUT2D eigenvalue weighted by atomic mass is 9.90. The molecule has 0 N–H and O–H groups in total. The number of unbranched alkanes of at least 4 members (excludes halogenated alkanes) is 1. The molecule has 0 bridgehead atoms. The number of rotatable bonds is 28. The maximum atomic E-state index is 5.55. The number of hydrogen-bond donors (Lipinski definition) is 0. The van der Waals surface area contributed by atoms with Crippen molar-refractivity contribution >= 4 is 0 Å². The van der Waals surface area contributed by atoms with E-state index in [1.165, 1.54) is 108 Å². The van der Waals surface area contributed by atoms with Crippen molar-refractivity contribution in [3.63, 3.8) is 0 Å². The van der Waals surface area contributed by atoms with Gasteiger partial charge in [-0.2, -0.15) is 0 Å². The largest absolute Gasteiger partial charge is 0.379 e. The van der Waals surface area contributed by atoms with E-state index < -0.39 is 0 Å². The van der Waals surface area contributed by atoms with Gasteiger partial charge in [-0.1, -0.05) is 127 Å². The van der Waals surface area contributed by atoms with Gasteiger partial charge in [-0.05, 0) is 117 Å². The van der Waals surface area contributed by atoms with Crippen LogP contribution in [0.15, 0.2) is 35.5 Å². The van der Waals surface area contributed by atoms with Crippen LogP contribution in [0.5, 0.6) is 0 Å². The normalized spacial score (nSPS) is 16.5. The van der Waals surface area contributed by atoms with Gasteiger partial charge in [0.05, 0.1) is 11.2 Å². The third kappa shape index (κ3) is 26.4. The first-order chi connectivity index (χ1) is 20.7. The highest BCUT2D eigenvalue weighted by atomic mass is 16.5. The lowest BCUT2D eigenvalue weighted by molar-refractivity contribution is 0.0140. The molecule has 260 valence electrons. The molecule has 0 aliphatic rings. The molecule has 4 atom stereocenters. The van der Waals surface area contributed by atoms with Gasteiger partial charge in [0.2, 0.25) is 0 Å². The minimum Gasteiger partial charge on any atom is -0.379 e. The van der Waals surface area contributed by atoms with Crippen molar-refractivity contribution in [3.8, 4) is 0 Å². The fourth-order valence-electron chi connectivity index (χ4n) is 6.08. The van der Waals surface area contributed by atoms with Crippen LogP contribution in [-0.4, -0.2) is 25.4 Å².